The van der Waals surface area contributed by atoms with Gasteiger partial charge in [0.25, 0.3) is 0 Å². The smallest absolute Gasteiger partial charge is 0.195 e. The van der Waals surface area contributed by atoms with Crippen LogP contribution in [0.5, 0.6) is 0 Å². The van der Waals surface area contributed by atoms with Crippen molar-refractivity contribution in [2.24, 2.45) is 0 Å². The number of carbonyl (C=O) groups is 2. The van der Waals surface area contributed by atoms with Gasteiger partial charge < -0.3 is 0 Å². The second kappa shape index (κ2) is 5.01. The molecule has 0 bridgehead atoms. The third-order valence-electron chi connectivity index (χ3n) is 1.91. The second-order valence-electron chi connectivity index (χ2n) is 3.02. The molecule has 0 aliphatic carbocycles. The average Bonchev–Trinajstić information content (AvgIpc) is 2.95. The standard InChI is InChI=1S/C12H8O2S2/c13-9(11-3-1-7-15-11)5-6-10(14)12-4-2-8-16-12/h1-8H/b6-5-. The van der Waals surface area contributed by atoms with E-state index in [0.29, 0.717) is 9.75 Å². The van der Waals surface area contributed by atoms with Gasteiger partial charge in [0.15, 0.2) is 11.6 Å². The van der Waals surface area contributed by atoms with Gasteiger partial charge in [0, 0.05) is 0 Å². The lowest BCUT2D eigenvalue weighted by Crippen LogP contribution is -1.94. The van der Waals surface area contributed by atoms with Crippen LogP contribution >= 0.6 is 22.7 Å². The molecule has 0 atom stereocenters. The quantitative estimate of drug-likeness (QED) is 0.613. The topological polar surface area (TPSA) is 34.1 Å². The van der Waals surface area contributed by atoms with Gasteiger partial charge in [-0.25, -0.2) is 0 Å². The van der Waals surface area contributed by atoms with E-state index in [-0.39, 0.29) is 11.6 Å². The molecule has 16 heavy (non-hydrogen) atoms. The second-order valence-corrected chi connectivity index (χ2v) is 4.91. The van der Waals surface area contributed by atoms with Gasteiger partial charge >= 0.3 is 0 Å². The molecule has 0 radical (unpaired) electrons. The molecule has 0 saturated carbocycles. The van der Waals surface area contributed by atoms with Gasteiger partial charge in [0.1, 0.15) is 0 Å². The van der Waals surface area contributed by atoms with E-state index in [1.807, 2.05) is 22.9 Å². The van der Waals surface area contributed by atoms with Crippen LogP contribution in [0.1, 0.15) is 19.3 Å². The lowest BCUT2D eigenvalue weighted by atomic mass is 10.2. The molecule has 2 aromatic heterocycles. The van der Waals surface area contributed by atoms with Crippen molar-refractivity contribution in [1.82, 2.24) is 0 Å². The van der Waals surface area contributed by atoms with Crippen LogP contribution in [-0.4, -0.2) is 11.6 Å². The highest BCUT2D eigenvalue weighted by molar-refractivity contribution is 7.12. The summed E-state index contributed by atoms with van der Waals surface area (Å²) in [5.74, 6) is -0.250. The van der Waals surface area contributed by atoms with Crippen LogP contribution in [0.15, 0.2) is 47.2 Å². The Balaban J connectivity index is 2.05. The van der Waals surface area contributed by atoms with Gasteiger partial charge in [-0.15, -0.1) is 22.7 Å². The van der Waals surface area contributed by atoms with Crippen molar-refractivity contribution in [3.8, 4) is 0 Å². The van der Waals surface area contributed by atoms with E-state index in [1.165, 1.54) is 34.8 Å². The molecule has 4 heteroatoms. The SMILES string of the molecule is O=C(/C=C\C(=O)c1cccs1)c1cccs1. The molecular weight excluding hydrogens is 240 g/mol. The van der Waals surface area contributed by atoms with Crippen molar-refractivity contribution in [2.45, 2.75) is 0 Å². The van der Waals surface area contributed by atoms with E-state index in [2.05, 4.69) is 0 Å². The largest absolute Gasteiger partial charge is 0.288 e. The fourth-order valence-electron chi connectivity index (χ4n) is 1.15. The first-order valence-corrected chi connectivity index (χ1v) is 6.37. The molecule has 0 spiro atoms. The molecule has 0 aliphatic rings. The monoisotopic (exact) mass is 248 g/mol. The Kier molecular flexibility index (Phi) is 3.44. The predicted octanol–water partition coefficient (Wildman–Crippen LogP) is 3.43. The van der Waals surface area contributed by atoms with Gasteiger partial charge in [-0.1, -0.05) is 12.1 Å². The molecule has 0 N–H and O–H groups in total. The van der Waals surface area contributed by atoms with Crippen LogP contribution in [0.3, 0.4) is 0 Å². The summed E-state index contributed by atoms with van der Waals surface area (Å²) in [6.07, 6.45) is 2.65. The number of hydrogen-bond acceptors (Lipinski definition) is 4. The number of ketones is 2. The summed E-state index contributed by atoms with van der Waals surface area (Å²) in [4.78, 5) is 24.4. The maximum Gasteiger partial charge on any atom is 0.195 e. The van der Waals surface area contributed by atoms with Crippen molar-refractivity contribution in [3.05, 3.63) is 56.9 Å². The number of allylic oxidation sites excluding steroid dienone is 2. The maximum absolute atomic E-state index is 11.6. The Morgan fingerprint density at radius 2 is 1.31 bits per heavy atom. The highest BCUT2D eigenvalue weighted by Gasteiger charge is 2.05. The van der Waals surface area contributed by atoms with Crippen molar-refractivity contribution in [2.75, 3.05) is 0 Å². The van der Waals surface area contributed by atoms with Crippen molar-refractivity contribution >= 4 is 34.2 Å². The Hall–Kier alpha value is -1.52. The van der Waals surface area contributed by atoms with Crippen molar-refractivity contribution < 1.29 is 9.59 Å². The van der Waals surface area contributed by atoms with Crippen molar-refractivity contribution in [3.63, 3.8) is 0 Å². The van der Waals surface area contributed by atoms with Gasteiger partial charge in [-0.05, 0) is 35.0 Å². The van der Waals surface area contributed by atoms with Crippen LogP contribution in [0.2, 0.25) is 0 Å². The molecule has 2 aromatic rings. The van der Waals surface area contributed by atoms with E-state index >= 15 is 0 Å². The van der Waals surface area contributed by atoms with Crippen LogP contribution < -0.4 is 0 Å². The van der Waals surface area contributed by atoms with E-state index in [1.54, 1.807) is 12.1 Å². The lowest BCUT2D eigenvalue weighted by molar-refractivity contribution is 0.102. The number of rotatable bonds is 4. The Morgan fingerprint density at radius 3 is 1.62 bits per heavy atom. The highest BCUT2D eigenvalue weighted by atomic mass is 32.1. The summed E-state index contributed by atoms with van der Waals surface area (Å²) in [5, 5.41) is 3.67. The summed E-state index contributed by atoms with van der Waals surface area (Å²) in [5.41, 5.74) is 0. The zero-order valence-corrected chi connectivity index (χ0v) is 9.88. The average molecular weight is 248 g/mol. The maximum atomic E-state index is 11.6. The fraction of sp³-hybridized carbons (Fsp3) is 0. The zero-order chi connectivity index (χ0) is 11.4. The summed E-state index contributed by atoms with van der Waals surface area (Å²) in [7, 11) is 0. The normalized spacial score (nSPS) is 10.8. The van der Waals surface area contributed by atoms with Gasteiger partial charge in [-0.3, -0.25) is 9.59 Å². The molecule has 0 fully saturated rings. The zero-order valence-electron chi connectivity index (χ0n) is 8.25. The minimum atomic E-state index is -0.125. The van der Waals surface area contributed by atoms with Crippen LogP contribution in [0.25, 0.3) is 0 Å². The first-order chi connectivity index (χ1) is 7.77. The first kappa shape index (κ1) is 11.0. The third kappa shape index (κ3) is 2.53. The molecule has 0 aliphatic heterocycles. The van der Waals surface area contributed by atoms with Crippen LogP contribution in [-0.2, 0) is 0 Å². The molecule has 2 nitrogen and oxygen atoms in total. The Labute approximate surface area is 101 Å². The molecular formula is C12H8O2S2. The number of hydrogen-bond donors (Lipinski definition) is 0. The van der Waals surface area contributed by atoms with Crippen molar-refractivity contribution in [1.29, 1.82) is 0 Å². The highest BCUT2D eigenvalue weighted by Crippen LogP contribution is 2.12. The minimum Gasteiger partial charge on any atom is -0.288 e. The Morgan fingerprint density at radius 1 is 0.875 bits per heavy atom. The molecule has 2 rings (SSSR count). The van der Waals surface area contributed by atoms with Gasteiger partial charge in [-0.2, -0.15) is 0 Å². The predicted molar refractivity (Wildman–Crippen MR) is 66.4 cm³/mol. The molecule has 0 aromatic carbocycles. The van der Waals surface area contributed by atoms with E-state index < -0.39 is 0 Å². The summed E-state index contributed by atoms with van der Waals surface area (Å²) in [6.45, 7) is 0. The van der Waals surface area contributed by atoms with E-state index in [0.717, 1.165) is 0 Å². The molecule has 0 amide bonds. The van der Waals surface area contributed by atoms with Crippen LogP contribution in [0, 0.1) is 0 Å². The minimum absolute atomic E-state index is 0.125. The molecule has 2 heterocycles. The first-order valence-electron chi connectivity index (χ1n) is 4.61. The fourth-order valence-corrected chi connectivity index (χ4v) is 2.44. The van der Waals surface area contributed by atoms with E-state index in [9.17, 15) is 9.59 Å². The lowest BCUT2D eigenvalue weighted by Gasteiger charge is -1.88. The summed E-state index contributed by atoms with van der Waals surface area (Å²) < 4.78 is 0. The molecule has 80 valence electrons. The molecule has 0 unspecified atom stereocenters. The third-order valence-corrected chi connectivity index (χ3v) is 3.68. The van der Waals surface area contributed by atoms with Gasteiger partial charge in [0.2, 0.25) is 0 Å². The number of carbonyl (C=O) groups excluding carboxylic acids is 2. The molecule has 0 saturated heterocycles. The Bertz CT molecular complexity index is 459. The summed E-state index contributed by atoms with van der Waals surface area (Å²) in [6, 6.07) is 7.11. The van der Waals surface area contributed by atoms with E-state index in [4.69, 9.17) is 0 Å². The number of thiophene rings is 2. The summed E-state index contributed by atoms with van der Waals surface area (Å²) >= 11 is 2.74. The van der Waals surface area contributed by atoms with Crippen LogP contribution in [0.4, 0.5) is 0 Å². The van der Waals surface area contributed by atoms with Gasteiger partial charge in [0.05, 0.1) is 9.75 Å².